The van der Waals surface area contributed by atoms with E-state index >= 15 is 0 Å². The van der Waals surface area contributed by atoms with Crippen LogP contribution in [0.3, 0.4) is 0 Å². The van der Waals surface area contributed by atoms with Crippen LogP contribution >= 0.6 is 12.0 Å². The van der Waals surface area contributed by atoms with Crippen molar-refractivity contribution in [1.29, 1.82) is 0 Å². The van der Waals surface area contributed by atoms with Crippen molar-refractivity contribution in [2.24, 2.45) is 0 Å². The van der Waals surface area contributed by atoms with Crippen LogP contribution in [0, 0.1) is 6.92 Å². The van der Waals surface area contributed by atoms with Crippen LogP contribution in [0.15, 0.2) is 0 Å². The van der Waals surface area contributed by atoms with Gasteiger partial charge in [-0.3, -0.25) is 0 Å². The summed E-state index contributed by atoms with van der Waals surface area (Å²) in [4.78, 5) is 0. The summed E-state index contributed by atoms with van der Waals surface area (Å²) in [6.07, 6.45) is 1.12. The molecule has 1 aliphatic rings. The Labute approximate surface area is 42.3 Å². The molecule has 0 spiro atoms. The Balaban J connectivity index is 2.18. The van der Waals surface area contributed by atoms with Crippen molar-refractivity contribution in [3.8, 4) is 0 Å². The summed E-state index contributed by atoms with van der Waals surface area (Å²) in [6, 6.07) is 0. The first-order valence-electron chi connectivity index (χ1n) is 2.01. The monoisotopic (exact) mass is 103 g/mol. The molecule has 1 fully saturated rings. The molecule has 1 aliphatic heterocycles. The lowest BCUT2D eigenvalue weighted by Gasteiger charge is -1.87. The Morgan fingerprint density at radius 1 is 1.83 bits per heavy atom. The largest absolute Gasteiger partial charge is 0.315 e. The molecule has 1 atom stereocenters. The minimum atomic E-state index is 0.491. The van der Waals surface area contributed by atoms with Crippen molar-refractivity contribution in [2.45, 2.75) is 11.7 Å². The lowest BCUT2D eigenvalue weighted by molar-refractivity contribution is 0.402. The maximum absolute atomic E-state index is 4.91. The van der Waals surface area contributed by atoms with E-state index in [2.05, 4.69) is 6.92 Å². The van der Waals surface area contributed by atoms with E-state index in [-0.39, 0.29) is 0 Å². The summed E-state index contributed by atoms with van der Waals surface area (Å²) in [5.74, 6) is 0. The summed E-state index contributed by atoms with van der Waals surface area (Å²) in [5, 5.41) is 0.491. The Hall–Kier alpha value is 0.310. The van der Waals surface area contributed by atoms with E-state index in [1.54, 1.807) is 0 Å². The topological polar surface area (TPSA) is 9.23 Å². The van der Waals surface area contributed by atoms with E-state index in [1.165, 1.54) is 12.0 Å². The first kappa shape index (κ1) is 4.47. The standard InChI is InChI=1S/C4H7OS/c1-4-2-3-5-6-4/h4H,1-3H2. The van der Waals surface area contributed by atoms with Crippen LogP contribution in [-0.2, 0) is 4.18 Å². The van der Waals surface area contributed by atoms with Crippen molar-refractivity contribution >= 4 is 12.0 Å². The average molecular weight is 103 g/mol. The van der Waals surface area contributed by atoms with Crippen molar-refractivity contribution in [3.63, 3.8) is 0 Å². The van der Waals surface area contributed by atoms with Crippen LogP contribution in [0.2, 0.25) is 0 Å². The molecule has 0 N–H and O–H groups in total. The van der Waals surface area contributed by atoms with Gasteiger partial charge in [0, 0.05) is 5.25 Å². The Kier molecular flexibility index (Phi) is 1.37. The Bertz CT molecular complexity index is 40.8. The fourth-order valence-corrected chi connectivity index (χ4v) is 0.949. The number of hydrogen-bond acceptors (Lipinski definition) is 2. The second-order valence-corrected chi connectivity index (χ2v) is 2.42. The lowest BCUT2D eigenvalue weighted by atomic mass is 10.4. The minimum Gasteiger partial charge on any atom is -0.315 e. The van der Waals surface area contributed by atoms with E-state index in [4.69, 9.17) is 4.18 Å². The van der Waals surface area contributed by atoms with E-state index in [0.29, 0.717) is 5.25 Å². The van der Waals surface area contributed by atoms with Gasteiger partial charge in [-0.25, -0.2) is 0 Å². The molecular formula is C4H7OS. The summed E-state index contributed by atoms with van der Waals surface area (Å²) in [7, 11) is 0. The summed E-state index contributed by atoms with van der Waals surface area (Å²) < 4.78 is 4.91. The normalized spacial score (nSPS) is 34.5. The van der Waals surface area contributed by atoms with Gasteiger partial charge >= 0.3 is 0 Å². The third kappa shape index (κ3) is 0.884. The molecule has 1 nitrogen and oxygen atoms in total. The van der Waals surface area contributed by atoms with E-state index < -0.39 is 0 Å². The zero-order valence-electron chi connectivity index (χ0n) is 3.52. The third-order valence-corrected chi connectivity index (χ3v) is 1.54. The predicted octanol–water partition coefficient (Wildman–Crippen LogP) is 1.26. The molecule has 0 saturated carbocycles. The zero-order chi connectivity index (χ0) is 4.41. The van der Waals surface area contributed by atoms with Crippen molar-refractivity contribution in [2.75, 3.05) is 6.61 Å². The minimum absolute atomic E-state index is 0.491. The molecule has 0 aromatic rings. The van der Waals surface area contributed by atoms with E-state index in [0.717, 1.165) is 13.0 Å². The van der Waals surface area contributed by atoms with Gasteiger partial charge in [0.25, 0.3) is 0 Å². The highest BCUT2D eigenvalue weighted by atomic mass is 32.2. The Morgan fingerprint density at radius 2 is 2.67 bits per heavy atom. The SMILES string of the molecule is [CH2]C1CCOS1. The highest BCUT2D eigenvalue weighted by Gasteiger charge is 2.09. The Morgan fingerprint density at radius 3 is 2.83 bits per heavy atom. The van der Waals surface area contributed by atoms with Crippen LogP contribution < -0.4 is 0 Å². The van der Waals surface area contributed by atoms with Crippen molar-refractivity contribution in [3.05, 3.63) is 6.92 Å². The summed E-state index contributed by atoms with van der Waals surface area (Å²) >= 11 is 1.49. The molecule has 1 saturated heterocycles. The fourth-order valence-electron chi connectivity index (χ4n) is 0.372. The molecule has 1 unspecified atom stereocenters. The van der Waals surface area contributed by atoms with Gasteiger partial charge in [0.05, 0.1) is 6.61 Å². The molecule has 2 heteroatoms. The van der Waals surface area contributed by atoms with Crippen molar-refractivity contribution < 1.29 is 4.18 Å². The third-order valence-electron chi connectivity index (χ3n) is 0.727. The van der Waals surface area contributed by atoms with Gasteiger partial charge in [-0.2, -0.15) is 0 Å². The molecule has 0 bridgehead atoms. The van der Waals surface area contributed by atoms with Crippen LogP contribution in [0.5, 0.6) is 0 Å². The summed E-state index contributed by atoms with van der Waals surface area (Å²) in [5.41, 5.74) is 0. The average Bonchev–Trinajstić information content (AvgIpc) is 1.86. The first-order valence-corrected chi connectivity index (χ1v) is 2.81. The molecule has 1 radical (unpaired) electrons. The van der Waals surface area contributed by atoms with E-state index in [9.17, 15) is 0 Å². The van der Waals surface area contributed by atoms with Crippen molar-refractivity contribution in [1.82, 2.24) is 0 Å². The summed E-state index contributed by atoms with van der Waals surface area (Å²) in [6.45, 7) is 4.66. The maximum Gasteiger partial charge on any atom is 0.0625 e. The molecule has 1 rings (SSSR count). The van der Waals surface area contributed by atoms with Gasteiger partial charge in [-0.05, 0) is 25.4 Å². The van der Waals surface area contributed by atoms with E-state index in [1.807, 2.05) is 0 Å². The van der Waals surface area contributed by atoms with Crippen LogP contribution in [-0.4, -0.2) is 11.9 Å². The second kappa shape index (κ2) is 1.85. The maximum atomic E-state index is 4.91. The lowest BCUT2D eigenvalue weighted by Crippen LogP contribution is -1.85. The molecule has 0 aliphatic carbocycles. The van der Waals surface area contributed by atoms with Gasteiger partial charge in [-0.15, -0.1) is 0 Å². The fraction of sp³-hybridized carbons (Fsp3) is 0.750. The van der Waals surface area contributed by atoms with Gasteiger partial charge in [-0.1, -0.05) is 0 Å². The molecule has 35 valence electrons. The molecule has 0 aromatic carbocycles. The van der Waals surface area contributed by atoms with Gasteiger partial charge in [0.2, 0.25) is 0 Å². The van der Waals surface area contributed by atoms with Gasteiger partial charge in [0.15, 0.2) is 0 Å². The highest BCUT2D eigenvalue weighted by molar-refractivity contribution is 7.95. The zero-order valence-corrected chi connectivity index (χ0v) is 4.33. The molecule has 0 amide bonds. The quantitative estimate of drug-likeness (QED) is 0.427. The predicted molar refractivity (Wildman–Crippen MR) is 27.3 cm³/mol. The molecule has 6 heavy (non-hydrogen) atoms. The van der Waals surface area contributed by atoms with Crippen LogP contribution in [0.25, 0.3) is 0 Å². The first-order chi connectivity index (χ1) is 2.89. The van der Waals surface area contributed by atoms with Gasteiger partial charge < -0.3 is 4.18 Å². The molecule has 1 heterocycles. The number of hydrogen-bond donors (Lipinski definition) is 0. The molecule has 0 aromatic heterocycles. The van der Waals surface area contributed by atoms with Crippen LogP contribution in [0.1, 0.15) is 6.42 Å². The highest BCUT2D eigenvalue weighted by Crippen LogP contribution is 2.21. The van der Waals surface area contributed by atoms with Crippen LogP contribution in [0.4, 0.5) is 0 Å². The molecular weight excluding hydrogens is 96.1 g/mol. The smallest absolute Gasteiger partial charge is 0.0625 e. The van der Waals surface area contributed by atoms with Gasteiger partial charge in [0.1, 0.15) is 0 Å². The second-order valence-electron chi connectivity index (χ2n) is 1.33. The number of rotatable bonds is 0.